The average molecular weight is 363 g/mol. The van der Waals surface area contributed by atoms with Crippen molar-refractivity contribution >= 4 is 11.9 Å². The van der Waals surface area contributed by atoms with E-state index in [-0.39, 0.29) is 25.0 Å². The smallest absolute Gasteiger partial charge is 0.355 e. The molecule has 3 aliphatic heterocycles. The summed E-state index contributed by atoms with van der Waals surface area (Å²) in [6, 6.07) is 1.72. The minimum Gasteiger partial charge on any atom is -0.457 e. The highest BCUT2D eigenvalue weighted by molar-refractivity contribution is 5.86. The first-order valence-corrected chi connectivity index (χ1v) is 8.92. The molecule has 1 spiro atoms. The van der Waals surface area contributed by atoms with Crippen molar-refractivity contribution in [2.75, 3.05) is 13.2 Å². The topological polar surface area (TPSA) is 93.1 Å². The Morgan fingerprint density at radius 3 is 2.65 bits per heavy atom. The van der Waals surface area contributed by atoms with Gasteiger partial charge in [-0.15, -0.1) is 0 Å². The second-order valence-corrected chi connectivity index (χ2v) is 6.66. The Balaban J connectivity index is 1.94. The van der Waals surface area contributed by atoms with E-state index in [1.807, 2.05) is 0 Å². The number of pyridine rings is 1. The molecule has 8 nitrogen and oxygen atoms in total. The number of esters is 2. The van der Waals surface area contributed by atoms with Crippen LogP contribution in [0.4, 0.5) is 0 Å². The maximum Gasteiger partial charge on any atom is 0.355 e. The van der Waals surface area contributed by atoms with Crippen molar-refractivity contribution in [1.29, 1.82) is 0 Å². The van der Waals surface area contributed by atoms with Crippen molar-refractivity contribution in [3.8, 4) is 0 Å². The van der Waals surface area contributed by atoms with Gasteiger partial charge in [0.2, 0.25) is 11.4 Å². The quantitative estimate of drug-likeness (QED) is 0.742. The van der Waals surface area contributed by atoms with Gasteiger partial charge in [0.25, 0.3) is 5.56 Å². The van der Waals surface area contributed by atoms with Crippen LogP contribution in [0.25, 0.3) is 0 Å². The number of hydrogen-bond acceptors (Lipinski definition) is 7. The lowest BCUT2D eigenvalue weighted by Crippen LogP contribution is -2.48. The van der Waals surface area contributed by atoms with Gasteiger partial charge in [-0.1, -0.05) is 13.8 Å². The summed E-state index contributed by atoms with van der Waals surface area (Å²) in [7, 11) is 0. The Morgan fingerprint density at radius 2 is 2.00 bits per heavy atom. The van der Waals surface area contributed by atoms with Crippen LogP contribution in [0.2, 0.25) is 0 Å². The minimum absolute atomic E-state index is 0.116. The normalized spacial score (nSPS) is 25.7. The molecule has 1 aromatic rings. The second-order valence-electron chi connectivity index (χ2n) is 6.66. The number of hydrogen-bond donors (Lipinski definition) is 0. The predicted molar refractivity (Wildman–Crippen MR) is 87.0 cm³/mol. The van der Waals surface area contributed by atoms with Gasteiger partial charge in [-0.3, -0.25) is 9.59 Å². The molecule has 1 atom stereocenters. The van der Waals surface area contributed by atoms with E-state index in [2.05, 4.69) is 0 Å². The van der Waals surface area contributed by atoms with Crippen molar-refractivity contribution in [1.82, 2.24) is 4.57 Å². The number of nitrogens with zero attached hydrogens (tertiary/aromatic N) is 1. The summed E-state index contributed by atoms with van der Waals surface area (Å²) >= 11 is 0. The molecule has 1 saturated heterocycles. The standard InChI is InChI=1S/C18H21NO7/c1-3-14(20)26-17(4-2)12-9-13-18(24-7-8-25-18)5-6-19(13)15(21)11(12)10-23-16(17)22/h9H,3-8,10H2,1-2H3. The van der Waals surface area contributed by atoms with Crippen molar-refractivity contribution in [3.63, 3.8) is 0 Å². The van der Waals surface area contributed by atoms with Crippen LogP contribution >= 0.6 is 0 Å². The fourth-order valence-corrected chi connectivity index (χ4v) is 4.00. The highest BCUT2D eigenvalue weighted by Gasteiger charge is 2.53. The summed E-state index contributed by atoms with van der Waals surface area (Å²) in [6.45, 7) is 4.58. The average Bonchev–Trinajstić information content (AvgIpc) is 3.26. The van der Waals surface area contributed by atoms with Gasteiger partial charge in [0.1, 0.15) is 6.61 Å². The van der Waals surface area contributed by atoms with Gasteiger partial charge in [-0.25, -0.2) is 4.79 Å². The van der Waals surface area contributed by atoms with Gasteiger partial charge in [0, 0.05) is 24.9 Å². The fourth-order valence-electron chi connectivity index (χ4n) is 4.00. The first-order valence-electron chi connectivity index (χ1n) is 8.92. The Bertz CT molecular complexity index is 837. The van der Waals surface area contributed by atoms with Crippen LogP contribution < -0.4 is 5.56 Å². The number of carbonyl (C=O) groups excluding carboxylic acids is 2. The first kappa shape index (κ1) is 17.2. The van der Waals surface area contributed by atoms with Crippen molar-refractivity contribution < 1.29 is 28.5 Å². The van der Waals surface area contributed by atoms with Crippen LogP contribution in [0.15, 0.2) is 10.9 Å². The Kier molecular flexibility index (Phi) is 3.92. The molecule has 4 heterocycles. The first-order chi connectivity index (χ1) is 12.5. The lowest BCUT2D eigenvalue weighted by molar-refractivity contribution is -0.189. The number of cyclic esters (lactones) is 1. The summed E-state index contributed by atoms with van der Waals surface area (Å²) in [6.07, 6.45) is 0.806. The zero-order chi connectivity index (χ0) is 18.5. The molecule has 0 aliphatic carbocycles. The van der Waals surface area contributed by atoms with Crippen molar-refractivity contribution in [2.24, 2.45) is 0 Å². The second kappa shape index (κ2) is 5.92. The number of fused-ring (bicyclic) bond motifs is 3. The zero-order valence-electron chi connectivity index (χ0n) is 14.8. The minimum atomic E-state index is -1.61. The van der Waals surface area contributed by atoms with Crippen LogP contribution in [0.1, 0.15) is 49.9 Å². The molecule has 140 valence electrons. The van der Waals surface area contributed by atoms with Crippen LogP contribution in [0, 0.1) is 0 Å². The SMILES string of the molecule is CCC(=O)OC1(CC)C(=O)OCc2c1cc1n(c2=O)CCC12OCCO2. The third-order valence-corrected chi connectivity index (χ3v) is 5.40. The van der Waals surface area contributed by atoms with Gasteiger partial charge >= 0.3 is 11.9 Å². The van der Waals surface area contributed by atoms with E-state index in [4.69, 9.17) is 18.9 Å². The summed E-state index contributed by atoms with van der Waals surface area (Å²) in [5.41, 5.74) is -0.577. The molecular weight excluding hydrogens is 342 g/mol. The number of carbonyl (C=O) groups is 2. The predicted octanol–water partition coefficient (Wildman–Crippen LogP) is 1.07. The Hall–Kier alpha value is -2.19. The van der Waals surface area contributed by atoms with E-state index in [1.54, 1.807) is 24.5 Å². The molecule has 1 unspecified atom stereocenters. The van der Waals surface area contributed by atoms with Crippen LogP contribution in [0.5, 0.6) is 0 Å². The lowest BCUT2D eigenvalue weighted by Gasteiger charge is -2.36. The molecule has 1 aromatic heterocycles. The molecule has 0 aromatic carbocycles. The van der Waals surface area contributed by atoms with Crippen LogP contribution in [-0.4, -0.2) is 29.7 Å². The van der Waals surface area contributed by atoms with E-state index in [0.29, 0.717) is 43.0 Å². The fraction of sp³-hybridized carbons (Fsp3) is 0.611. The summed E-state index contributed by atoms with van der Waals surface area (Å²) in [5.74, 6) is -2.15. The van der Waals surface area contributed by atoms with E-state index in [9.17, 15) is 14.4 Å². The molecule has 4 rings (SSSR count). The van der Waals surface area contributed by atoms with E-state index < -0.39 is 23.3 Å². The van der Waals surface area contributed by atoms with E-state index in [0.717, 1.165) is 0 Å². The molecule has 0 saturated carbocycles. The molecule has 0 bridgehead atoms. The Labute approximate surface area is 150 Å². The maximum absolute atomic E-state index is 13.0. The molecular formula is C18H21NO7. The van der Waals surface area contributed by atoms with Gasteiger partial charge < -0.3 is 23.5 Å². The maximum atomic E-state index is 13.0. The van der Waals surface area contributed by atoms with Gasteiger partial charge in [0.15, 0.2) is 0 Å². The largest absolute Gasteiger partial charge is 0.457 e. The van der Waals surface area contributed by atoms with Gasteiger partial charge in [0.05, 0.1) is 24.5 Å². The van der Waals surface area contributed by atoms with Gasteiger partial charge in [-0.05, 0) is 12.5 Å². The monoisotopic (exact) mass is 363 g/mol. The molecule has 26 heavy (non-hydrogen) atoms. The number of ether oxygens (including phenoxy) is 4. The summed E-state index contributed by atoms with van der Waals surface area (Å²) in [5, 5.41) is 0. The molecule has 3 aliphatic rings. The third-order valence-electron chi connectivity index (χ3n) is 5.40. The zero-order valence-corrected chi connectivity index (χ0v) is 14.8. The molecule has 1 fully saturated rings. The summed E-state index contributed by atoms with van der Waals surface area (Å²) in [4.78, 5) is 37.7. The van der Waals surface area contributed by atoms with Crippen molar-refractivity contribution in [2.45, 2.75) is 57.6 Å². The lowest BCUT2D eigenvalue weighted by atomic mass is 9.85. The van der Waals surface area contributed by atoms with E-state index in [1.165, 1.54) is 0 Å². The number of rotatable bonds is 3. The molecule has 0 amide bonds. The molecule has 8 heteroatoms. The van der Waals surface area contributed by atoms with Crippen LogP contribution in [0.3, 0.4) is 0 Å². The molecule has 0 radical (unpaired) electrons. The third kappa shape index (κ3) is 2.18. The number of aromatic nitrogens is 1. The van der Waals surface area contributed by atoms with E-state index >= 15 is 0 Å². The highest BCUT2D eigenvalue weighted by Crippen LogP contribution is 2.44. The summed E-state index contributed by atoms with van der Waals surface area (Å²) < 4.78 is 24.0. The molecule has 0 N–H and O–H groups in total. The van der Waals surface area contributed by atoms with Crippen LogP contribution in [-0.2, 0) is 53.1 Å². The van der Waals surface area contributed by atoms with Gasteiger partial charge in [-0.2, -0.15) is 0 Å². The Morgan fingerprint density at radius 1 is 1.27 bits per heavy atom. The highest BCUT2D eigenvalue weighted by atomic mass is 16.7. The van der Waals surface area contributed by atoms with Crippen molar-refractivity contribution in [3.05, 3.63) is 33.2 Å².